The van der Waals surface area contributed by atoms with Crippen LogP contribution in [0.2, 0.25) is 0 Å². The monoisotopic (exact) mass is 597 g/mol. The maximum atomic E-state index is 12.8. The first-order valence-electron chi connectivity index (χ1n) is 10.0. The maximum absolute atomic E-state index is 12.8. The number of nitrogens with zero attached hydrogens (tertiary/aromatic N) is 1. The minimum atomic E-state index is -4.56. The Hall–Kier alpha value is -3.61. The van der Waals surface area contributed by atoms with Crippen LogP contribution in [0.1, 0.15) is 21.5 Å². The van der Waals surface area contributed by atoms with Gasteiger partial charge in [-0.05, 0) is 70.6 Å². The number of carbonyl (C=O) groups is 2. The molecule has 0 saturated carbocycles. The minimum absolute atomic E-state index is 0.179. The number of anilines is 1. The van der Waals surface area contributed by atoms with Gasteiger partial charge in [0.15, 0.2) is 18.1 Å². The van der Waals surface area contributed by atoms with Gasteiger partial charge in [0.05, 0.1) is 22.5 Å². The highest BCUT2D eigenvalue weighted by molar-refractivity contribution is 14.1. The highest BCUT2D eigenvalue weighted by atomic mass is 127. The van der Waals surface area contributed by atoms with E-state index in [1.54, 1.807) is 36.4 Å². The van der Waals surface area contributed by atoms with Gasteiger partial charge in [-0.15, -0.1) is 0 Å². The number of hydrogen-bond acceptors (Lipinski definition) is 5. The van der Waals surface area contributed by atoms with Crippen LogP contribution >= 0.6 is 22.6 Å². The summed E-state index contributed by atoms with van der Waals surface area (Å²) in [6.07, 6.45) is -3.25. The number of benzene rings is 3. The lowest BCUT2D eigenvalue weighted by Gasteiger charge is -2.13. The van der Waals surface area contributed by atoms with Crippen molar-refractivity contribution in [2.45, 2.75) is 6.18 Å². The molecular formula is C24H19F3IN3O4. The van der Waals surface area contributed by atoms with Crippen molar-refractivity contribution < 1.29 is 32.2 Å². The van der Waals surface area contributed by atoms with E-state index in [0.29, 0.717) is 26.3 Å². The zero-order chi connectivity index (χ0) is 25.4. The number of rotatable bonds is 8. The summed E-state index contributed by atoms with van der Waals surface area (Å²) in [6.45, 7) is -0.248. The Balaban J connectivity index is 1.64. The number of carbonyl (C=O) groups excluding carboxylic acids is 2. The second-order valence-electron chi connectivity index (χ2n) is 7.01. The van der Waals surface area contributed by atoms with Crippen molar-refractivity contribution in [2.75, 3.05) is 19.0 Å². The minimum Gasteiger partial charge on any atom is -0.493 e. The third kappa shape index (κ3) is 7.44. The Morgan fingerprint density at radius 1 is 1.06 bits per heavy atom. The third-order valence-electron chi connectivity index (χ3n) is 4.49. The van der Waals surface area contributed by atoms with Gasteiger partial charge in [0.1, 0.15) is 0 Å². The number of hydrogen-bond donors (Lipinski definition) is 2. The number of nitrogens with one attached hydrogen (secondary N) is 2. The topological polar surface area (TPSA) is 89.0 Å². The van der Waals surface area contributed by atoms with Crippen molar-refractivity contribution in [3.8, 4) is 11.5 Å². The molecule has 0 aromatic heterocycles. The fraction of sp³-hybridized carbons (Fsp3) is 0.125. The lowest BCUT2D eigenvalue weighted by Crippen LogP contribution is -2.20. The molecule has 0 atom stereocenters. The first kappa shape index (κ1) is 26.0. The average molecular weight is 597 g/mol. The molecule has 0 unspecified atom stereocenters. The molecule has 0 saturated heterocycles. The molecule has 35 heavy (non-hydrogen) atoms. The van der Waals surface area contributed by atoms with E-state index in [-0.39, 0.29) is 18.1 Å². The summed E-state index contributed by atoms with van der Waals surface area (Å²) in [6, 6.07) is 16.2. The van der Waals surface area contributed by atoms with Gasteiger partial charge < -0.3 is 14.8 Å². The number of para-hydroxylation sites is 1. The molecule has 0 aliphatic heterocycles. The normalized spacial score (nSPS) is 11.2. The quantitative estimate of drug-likeness (QED) is 0.215. The van der Waals surface area contributed by atoms with Crippen LogP contribution in [0.5, 0.6) is 11.5 Å². The number of methoxy groups -OCH3 is 1. The summed E-state index contributed by atoms with van der Waals surface area (Å²) in [5.41, 5.74) is 2.25. The predicted octanol–water partition coefficient (Wildman–Crippen LogP) is 5.10. The van der Waals surface area contributed by atoms with E-state index in [1.807, 2.05) is 28.7 Å². The van der Waals surface area contributed by atoms with Crippen molar-refractivity contribution in [2.24, 2.45) is 5.10 Å². The Morgan fingerprint density at radius 2 is 1.80 bits per heavy atom. The summed E-state index contributed by atoms with van der Waals surface area (Å²) >= 11 is 2.00. The summed E-state index contributed by atoms with van der Waals surface area (Å²) in [5.74, 6) is -0.466. The summed E-state index contributed by atoms with van der Waals surface area (Å²) < 4.78 is 50.1. The number of amides is 2. The fourth-order valence-electron chi connectivity index (χ4n) is 2.88. The van der Waals surface area contributed by atoms with Gasteiger partial charge >= 0.3 is 6.18 Å². The SMILES string of the molecule is COc1cc(/C=N\NC(=O)c2cccc(C(F)(F)F)c2)cc(I)c1OCC(=O)Nc1ccccc1. The van der Waals surface area contributed by atoms with Crippen molar-refractivity contribution >= 4 is 46.3 Å². The molecule has 0 aliphatic rings. The smallest absolute Gasteiger partial charge is 0.416 e. The first-order valence-corrected chi connectivity index (χ1v) is 11.1. The van der Waals surface area contributed by atoms with E-state index in [0.717, 1.165) is 18.2 Å². The van der Waals surface area contributed by atoms with Crippen molar-refractivity contribution in [1.82, 2.24) is 5.43 Å². The largest absolute Gasteiger partial charge is 0.493 e. The van der Waals surface area contributed by atoms with E-state index >= 15 is 0 Å². The summed E-state index contributed by atoms with van der Waals surface area (Å²) in [4.78, 5) is 24.3. The Kier molecular flexibility index (Phi) is 8.68. The molecule has 0 aliphatic carbocycles. The van der Waals surface area contributed by atoms with Crippen LogP contribution in [-0.4, -0.2) is 31.7 Å². The van der Waals surface area contributed by atoms with Crippen LogP contribution < -0.4 is 20.2 Å². The van der Waals surface area contributed by atoms with E-state index < -0.39 is 17.6 Å². The second-order valence-corrected chi connectivity index (χ2v) is 8.18. The van der Waals surface area contributed by atoms with Gasteiger partial charge in [-0.25, -0.2) is 5.43 Å². The number of alkyl halides is 3. The molecule has 7 nitrogen and oxygen atoms in total. The van der Waals surface area contributed by atoms with Gasteiger partial charge in [0, 0.05) is 11.3 Å². The highest BCUT2D eigenvalue weighted by Gasteiger charge is 2.30. The predicted molar refractivity (Wildman–Crippen MR) is 133 cm³/mol. The molecule has 2 N–H and O–H groups in total. The van der Waals surface area contributed by atoms with Gasteiger partial charge in [-0.1, -0.05) is 24.3 Å². The summed E-state index contributed by atoms with van der Waals surface area (Å²) in [5, 5.41) is 6.52. The highest BCUT2D eigenvalue weighted by Crippen LogP contribution is 2.33. The number of hydrazone groups is 1. The van der Waals surface area contributed by atoms with Gasteiger partial charge in [0.2, 0.25) is 0 Å². The van der Waals surface area contributed by atoms with Crippen molar-refractivity contribution in [3.05, 3.63) is 87.0 Å². The molecule has 3 rings (SSSR count). The molecule has 0 heterocycles. The standard InChI is InChI=1S/C24H19F3IN3O4/c1-34-20-11-15(13-29-31-23(33)16-6-5-7-17(12-16)24(25,26)27)10-19(28)22(20)35-14-21(32)30-18-8-3-2-4-9-18/h2-13H,14H2,1H3,(H,30,32)(H,31,33)/b29-13-. The van der Waals surface area contributed by atoms with Crippen molar-refractivity contribution in [1.29, 1.82) is 0 Å². The first-order chi connectivity index (χ1) is 16.7. The third-order valence-corrected chi connectivity index (χ3v) is 5.29. The zero-order valence-electron chi connectivity index (χ0n) is 18.2. The summed E-state index contributed by atoms with van der Waals surface area (Å²) in [7, 11) is 1.43. The fourth-order valence-corrected chi connectivity index (χ4v) is 3.66. The van der Waals surface area contributed by atoms with E-state index in [2.05, 4.69) is 15.8 Å². The number of ether oxygens (including phenoxy) is 2. The molecule has 0 fully saturated rings. The molecule has 0 spiro atoms. The molecular weight excluding hydrogens is 578 g/mol. The van der Waals surface area contributed by atoms with E-state index in [4.69, 9.17) is 9.47 Å². The van der Waals surface area contributed by atoms with Crippen LogP contribution in [0.4, 0.5) is 18.9 Å². The van der Waals surface area contributed by atoms with Gasteiger partial charge in [-0.2, -0.15) is 18.3 Å². The number of halogens is 4. The molecule has 182 valence electrons. The molecule has 3 aromatic rings. The van der Waals surface area contributed by atoms with Gasteiger partial charge in [-0.3, -0.25) is 9.59 Å². The lowest BCUT2D eigenvalue weighted by atomic mass is 10.1. The van der Waals surface area contributed by atoms with Crippen LogP contribution in [0.3, 0.4) is 0 Å². The zero-order valence-corrected chi connectivity index (χ0v) is 20.4. The van der Waals surface area contributed by atoms with Crippen LogP contribution in [0.25, 0.3) is 0 Å². The molecule has 0 radical (unpaired) electrons. The molecule has 3 aromatic carbocycles. The molecule has 0 bridgehead atoms. The Bertz CT molecular complexity index is 1230. The van der Waals surface area contributed by atoms with Crippen molar-refractivity contribution in [3.63, 3.8) is 0 Å². The van der Waals surface area contributed by atoms with Crippen LogP contribution in [-0.2, 0) is 11.0 Å². The second kappa shape index (κ2) is 11.7. The van der Waals surface area contributed by atoms with Crippen LogP contribution in [0.15, 0.2) is 71.8 Å². The lowest BCUT2D eigenvalue weighted by molar-refractivity contribution is -0.137. The van der Waals surface area contributed by atoms with E-state index in [1.165, 1.54) is 19.4 Å². The van der Waals surface area contributed by atoms with E-state index in [9.17, 15) is 22.8 Å². The molecule has 11 heteroatoms. The average Bonchev–Trinajstić information content (AvgIpc) is 2.83. The Labute approximate surface area is 212 Å². The molecule has 2 amide bonds. The Morgan fingerprint density at radius 3 is 2.49 bits per heavy atom. The maximum Gasteiger partial charge on any atom is 0.416 e. The van der Waals surface area contributed by atoms with Gasteiger partial charge in [0.25, 0.3) is 11.8 Å². The van der Waals surface area contributed by atoms with Crippen LogP contribution in [0, 0.1) is 3.57 Å².